The lowest BCUT2D eigenvalue weighted by Gasteiger charge is -2.38. The third-order valence-corrected chi connectivity index (χ3v) is 5.39. The summed E-state index contributed by atoms with van der Waals surface area (Å²) in [4.78, 5) is 12.1. The molecule has 0 radical (unpaired) electrons. The number of carbonyl (C=O) groups is 1. The Morgan fingerprint density at radius 1 is 1.17 bits per heavy atom. The molecule has 0 unspecified atom stereocenters. The van der Waals surface area contributed by atoms with Gasteiger partial charge in [0.15, 0.2) is 0 Å². The van der Waals surface area contributed by atoms with Crippen molar-refractivity contribution in [1.82, 2.24) is 10.6 Å². The molecule has 24 heavy (non-hydrogen) atoms. The topological polar surface area (TPSA) is 70.6 Å². The van der Waals surface area contributed by atoms with Gasteiger partial charge in [0.05, 0.1) is 6.61 Å². The highest BCUT2D eigenvalue weighted by Gasteiger charge is 2.42. The minimum atomic E-state index is -0.300. The number of ether oxygens (including phenoxy) is 1. The van der Waals surface area contributed by atoms with Crippen LogP contribution in [0.2, 0.25) is 0 Å². The Kier molecular flexibility index (Phi) is 5.06. The highest BCUT2D eigenvalue weighted by atomic mass is 19.1. The molecule has 0 spiro atoms. The van der Waals surface area contributed by atoms with Gasteiger partial charge in [0.2, 0.25) is 0 Å². The fourth-order valence-corrected chi connectivity index (χ4v) is 3.30. The molecule has 1 aromatic carbocycles. The second-order valence-corrected chi connectivity index (χ2v) is 7.10. The lowest BCUT2D eigenvalue weighted by molar-refractivity contribution is 0.0505. The molecule has 1 aliphatic carbocycles. The minimum Gasteiger partial charge on any atom is -0.396 e. The molecule has 1 heterocycles. The Morgan fingerprint density at radius 2 is 1.88 bits per heavy atom. The molecule has 1 saturated carbocycles. The van der Waals surface area contributed by atoms with Crippen molar-refractivity contribution in [2.24, 2.45) is 5.41 Å². The van der Waals surface area contributed by atoms with E-state index in [0.717, 1.165) is 31.2 Å². The number of hydrogen-bond acceptors (Lipinski definition) is 3. The zero-order chi connectivity index (χ0) is 17.0. The first kappa shape index (κ1) is 17.2. The molecule has 2 amide bonds. The molecular formula is C18H25FN2O3. The number of aliphatic hydroxyl groups excluding tert-OH is 1. The number of nitrogens with one attached hydrogen (secondary N) is 2. The second-order valence-electron chi connectivity index (χ2n) is 7.10. The molecule has 1 saturated heterocycles. The third-order valence-electron chi connectivity index (χ3n) is 5.39. The summed E-state index contributed by atoms with van der Waals surface area (Å²) in [6, 6.07) is 6.37. The maximum atomic E-state index is 13.6. The van der Waals surface area contributed by atoms with E-state index in [0.29, 0.717) is 26.3 Å². The van der Waals surface area contributed by atoms with Crippen LogP contribution in [0.3, 0.4) is 0 Å². The molecule has 0 aromatic heterocycles. The van der Waals surface area contributed by atoms with E-state index >= 15 is 0 Å². The number of rotatable bonds is 6. The predicted octanol–water partition coefficient (Wildman–Crippen LogP) is 1.95. The van der Waals surface area contributed by atoms with Crippen LogP contribution in [0.25, 0.3) is 0 Å². The molecule has 1 aromatic rings. The Labute approximate surface area is 141 Å². The van der Waals surface area contributed by atoms with E-state index in [4.69, 9.17) is 4.74 Å². The Hall–Kier alpha value is -1.66. The van der Waals surface area contributed by atoms with Crippen LogP contribution in [-0.4, -0.2) is 44.0 Å². The van der Waals surface area contributed by atoms with Crippen molar-refractivity contribution in [2.45, 2.75) is 31.1 Å². The van der Waals surface area contributed by atoms with E-state index in [1.807, 2.05) is 6.07 Å². The molecule has 3 N–H and O–H groups in total. The summed E-state index contributed by atoms with van der Waals surface area (Å²) in [7, 11) is 0. The fraction of sp³-hybridized carbons (Fsp3) is 0.611. The molecule has 1 aliphatic heterocycles. The molecule has 2 aliphatic rings. The van der Waals surface area contributed by atoms with Crippen molar-refractivity contribution in [2.75, 3.05) is 32.9 Å². The summed E-state index contributed by atoms with van der Waals surface area (Å²) in [6.45, 7) is 2.25. The van der Waals surface area contributed by atoms with E-state index in [1.54, 1.807) is 12.1 Å². The average molecular weight is 336 g/mol. The number of aliphatic hydroxyl groups is 1. The zero-order valence-electron chi connectivity index (χ0n) is 13.8. The van der Waals surface area contributed by atoms with Gasteiger partial charge in [-0.1, -0.05) is 12.1 Å². The summed E-state index contributed by atoms with van der Waals surface area (Å²) in [5.41, 5.74) is 0.488. The van der Waals surface area contributed by atoms with Crippen LogP contribution in [-0.2, 0) is 10.2 Å². The average Bonchev–Trinajstić information content (AvgIpc) is 3.40. The van der Waals surface area contributed by atoms with Gasteiger partial charge in [-0.15, -0.1) is 0 Å². The second kappa shape index (κ2) is 7.07. The quantitative estimate of drug-likeness (QED) is 0.744. The lowest BCUT2D eigenvalue weighted by Crippen LogP contribution is -2.48. The van der Waals surface area contributed by atoms with Gasteiger partial charge in [-0.05, 0) is 43.4 Å². The first-order valence-corrected chi connectivity index (χ1v) is 8.54. The number of carbonyl (C=O) groups excluding carboxylic acids is 1. The summed E-state index contributed by atoms with van der Waals surface area (Å²) >= 11 is 0. The Balaban J connectivity index is 1.61. The SMILES string of the molecule is O=C(NCC1(CO)CC1)NCC1(c2cccc(F)c2)CCOCC1. The fourth-order valence-electron chi connectivity index (χ4n) is 3.30. The van der Waals surface area contributed by atoms with Crippen molar-refractivity contribution >= 4 is 6.03 Å². The van der Waals surface area contributed by atoms with Gasteiger partial charge in [0, 0.05) is 37.1 Å². The van der Waals surface area contributed by atoms with Gasteiger partial charge in [-0.25, -0.2) is 9.18 Å². The first-order valence-electron chi connectivity index (χ1n) is 8.54. The van der Waals surface area contributed by atoms with E-state index < -0.39 is 0 Å². The lowest BCUT2D eigenvalue weighted by atomic mass is 9.74. The Morgan fingerprint density at radius 3 is 2.50 bits per heavy atom. The van der Waals surface area contributed by atoms with Crippen molar-refractivity contribution in [3.63, 3.8) is 0 Å². The smallest absolute Gasteiger partial charge is 0.314 e. The molecule has 5 nitrogen and oxygen atoms in total. The number of hydrogen-bond donors (Lipinski definition) is 3. The van der Waals surface area contributed by atoms with Crippen LogP contribution in [0.5, 0.6) is 0 Å². The number of benzene rings is 1. The highest BCUT2D eigenvalue weighted by Crippen LogP contribution is 2.44. The summed E-state index contributed by atoms with van der Waals surface area (Å²) in [5, 5.41) is 15.1. The van der Waals surface area contributed by atoms with Gasteiger partial charge in [-0.3, -0.25) is 0 Å². The van der Waals surface area contributed by atoms with Gasteiger partial charge >= 0.3 is 6.03 Å². The van der Waals surface area contributed by atoms with Gasteiger partial charge in [-0.2, -0.15) is 0 Å². The molecule has 0 atom stereocenters. The minimum absolute atomic E-state index is 0.109. The zero-order valence-corrected chi connectivity index (χ0v) is 13.8. The van der Waals surface area contributed by atoms with Crippen molar-refractivity contribution < 1.29 is 19.0 Å². The number of urea groups is 1. The van der Waals surface area contributed by atoms with Gasteiger partial charge < -0.3 is 20.5 Å². The molecule has 2 fully saturated rings. The van der Waals surface area contributed by atoms with Crippen LogP contribution in [0.1, 0.15) is 31.2 Å². The van der Waals surface area contributed by atoms with Crippen molar-refractivity contribution in [1.29, 1.82) is 0 Å². The van der Waals surface area contributed by atoms with Crippen molar-refractivity contribution in [3.8, 4) is 0 Å². The standard InChI is InChI=1S/C18H25FN2O3/c19-15-3-1-2-14(10-15)18(6-8-24-9-7-18)12-21-16(23)20-11-17(13-22)4-5-17/h1-3,10,22H,4-9,11-13H2,(H2,20,21,23). The maximum Gasteiger partial charge on any atom is 0.314 e. The highest BCUT2D eigenvalue weighted by molar-refractivity contribution is 5.74. The summed E-state index contributed by atoms with van der Waals surface area (Å²) in [5.74, 6) is -0.263. The van der Waals surface area contributed by atoms with E-state index in [9.17, 15) is 14.3 Å². The van der Waals surface area contributed by atoms with Gasteiger partial charge in [0.25, 0.3) is 0 Å². The maximum absolute atomic E-state index is 13.6. The van der Waals surface area contributed by atoms with Crippen LogP contribution < -0.4 is 10.6 Å². The molecule has 3 rings (SSSR count). The monoisotopic (exact) mass is 336 g/mol. The van der Waals surface area contributed by atoms with Crippen LogP contribution in [0, 0.1) is 11.2 Å². The van der Waals surface area contributed by atoms with Crippen LogP contribution >= 0.6 is 0 Å². The normalized spacial score (nSPS) is 21.1. The molecule has 6 heteroatoms. The number of halogens is 1. The summed E-state index contributed by atoms with van der Waals surface area (Å²) < 4.78 is 19.1. The van der Waals surface area contributed by atoms with E-state index in [2.05, 4.69) is 10.6 Å². The van der Waals surface area contributed by atoms with Crippen LogP contribution in [0.15, 0.2) is 24.3 Å². The molecular weight excluding hydrogens is 311 g/mol. The third kappa shape index (κ3) is 3.87. The first-order chi connectivity index (χ1) is 11.6. The molecule has 0 bridgehead atoms. The van der Waals surface area contributed by atoms with Crippen LogP contribution in [0.4, 0.5) is 9.18 Å². The van der Waals surface area contributed by atoms with E-state index in [-0.39, 0.29) is 29.3 Å². The summed E-state index contributed by atoms with van der Waals surface area (Å²) in [6.07, 6.45) is 3.40. The van der Waals surface area contributed by atoms with Crippen molar-refractivity contribution in [3.05, 3.63) is 35.6 Å². The largest absolute Gasteiger partial charge is 0.396 e. The number of amides is 2. The Bertz CT molecular complexity index is 583. The molecule has 132 valence electrons. The van der Waals surface area contributed by atoms with Gasteiger partial charge in [0.1, 0.15) is 5.82 Å². The predicted molar refractivity (Wildman–Crippen MR) is 88.3 cm³/mol. The van der Waals surface area contributed by atoms with E-state index in [1.165, 1.54) is 6.07 Å².